The van der Waals surface area contributed by atoms with E-state index in [0.29, 0.717) is 41.7 Å². The van der Waals surface area contributed by atoms with Crippen molar-refractivity contribution in [1.29, 1.82) is 5.26 Å². The van der Waals surface area contributed by atoms with Crippen LogP contribution in [-0.4, -0.2) is 35.1 Å². The van der Waals surface area contributed by atoms with Crippen molar-refractivity contribution < 1.29 is 9.53 Å². The minimum Gasteiger partial charge on any atom is -0.370 e. The maximum absolute atomic E-state index is 12.1. The van der Waals surface area contributed by atoms with Crippen LogP contribution in [-0.2, 0) is 29.5 Å². The number of nitriles is 1. The summed E-state index contributed by atoms with van der Waals surface area (Å²) in [7, 11) is 1.98. The number of ether oxygens (including phenoxy) is 1. The Balaban J connectivity index is 1.70. The van der Waals surface area contributed by atoms with Crippen LogP contribution in [0.25, 0.3) is 10.9 Å². The first-order chi connectivity index (χ1) is 14.4. The lowest BCUT2D eigenvalue weighted by molar-refractivity contribution is -0.143. The van der Waals surface area contributed by atoms with E-state index in [-0.39, 0.29) is 12.5 Å². The Hall–Kier alpha value is -2.52. The number of aromatic nitrogens is 1. The van der Waals surface area contributed by atoms with Gasteiger partial charge in [-0.3, -0.25) is 4.79 Å². The Labute approximate surface area is 185 Å². The number of hydrogen-bond acceptors (Lipinski definition) is 3. The lowest BCUT2D eigenvalue weighted by Crippen LogP contribution is -2.41. The van der Waals surface area contributed by atoms with Crippen LogP contribution in [0.4, 0.5) is 0 Å². The van der Waals surface area contributed by atoms with E-state index in [4.69, 9.17) is 27.9 Å². The Morgan fingerprint density at radius 1 is 1.23 bits per heavy atom. The van der Waals surface area contributed by atoms with Crippen LogP contribution in [0.2, 0.25) is 10.0 Å². The van der Waals surface area contributed by atoms with Gasteiger partial charge < -0.3 is 14.2 Å². The van der Waals surface area contributed by atoms with Crippen molar-refractivity contribution in [1.82, 2.24) is 9.47 Å². The maximum Gasteiger partial charge on any atom is 0.248 e. The second-order valence-electron chi connectivity index (χ2n) is 7.58. The van der Waals surface area contributed by atoms with E-state index in [9.17, 15) is 10.1 Å². The minimum absolute atomic E-state index is 0.0359. The zero-order valence-electron chi connectivity index (χ0n) is 16.8. The van der Waals surface area contributed by atoms with Gasteiger partial charge in [0.15, 0.2) is 0 Å². The van der Waals surface area contributed by atoms with Crippen molar-refractivity contribution in [2.75, 3.05) is 19.8 Å². The van der Waals surface area contributed by atoms with Gasteiger partial charge in [0.2, 0.25) is 5.91 Å². The first-order valence-corrected chi connectivity index (χ1v) is 10.4. The van der Waals surface area contributed by atoms with Gasteiger partial charge >= 0.3 is 0 Å². The molecule has 30 heavy (non-hydrogen) atoms. The van der Waals surface area contributed by atoms with Gasteiger partial charge in [-0.15, -0.1) is 0 Å². The minimum atomic E-state index is -0.0359. The number of carbonyl (C=O) groups is 1. The SMILES string of the molecule is Cc1cc(C#N)cc2c1cc(Cc1c(Cl)ccc(CN3CCOCC3=O)c1Cl)n2C. The van der Waals surface area contributed by atoms with E-state index in [1.54, 1.807) is 4.90 Å². The molecule has 2 heterocycles. The molecule has 7 heteroatoms. The molecule has 0 spiro atoms. The molecule has 1 amide bonds. The number of benzene rings is 2. The van der Waals surface area contributed by atoms with E-state index >= 15 is 0 Å². The number of fused-ring (bicyclic) bond motifs is 1. The van der Waals surface area contributed by atoms with E-state index in [1.807, 2.05) is 38.2 Å². The third-order valence-corrected chi connectivity index (χ3v) is 6.49. The average molecular weight is 442 g/mol. The third kappa shape index (κ3) is 3.79. The largest absolute Gasteiger partial charge is 0.370 e. The van der Waals surface area contributed by atoms with Gasteiger partial charge in [-0.05, 0) is 47.9 Å². The predicted octanol–water partition coefficient (Wildman–Crippen LogP) is 4.61. The highest BCUT2D eigenvalue weighted by molar-refractivity contribution is 6.36. The second kappa shape index (κ2) is 8.31. The van der Waals surface area contributed by atoms with Crippen molar-refractivity contribution in [2.45, 2.75) is 19.9 Å². The summed E-state index contributed by atoms with van der Waals surface area (Å²) in [4.78, 5) is 13.8. The van der Waals surface area contributed by atoms with Crippen LogP contribution < -0.4 is 0 Å². The Morgan fingerprint density at radius 2 is 2.03 bits per heavy atom. The number of aryl methyl sites for hydroxylation is 2. The topological polar surface area (TPSA) is 58.3 Å². The first-order valence-electron chi connectivity index (χ1n) is 9.69. The molecule has 1 aliphatic rings. The molecule has 0 saturated carbocycles. The lowest BCUT2D eigenvalue weighted by atomic mass is 10.0. The quantitative estimate of drug-likeness (QED) is 0.593. The summed E-state index contributed by atoms with van der Waals surface area (Å²) in [6, 6.07) is 11.8. The smallest absolute Gasteiger partial charge is 0.248 e. The standard InChI is InChI=1S/C23H21Cl2N3O2/c1-14-7-15(11-26)8-21-18(14)9-17(27(21)2)10-19-20(24)4-3-16(23(19)25)12-28-5-6-30-13-22(28)29/h3-4,7-9H,5-6,10,12-13H2,1-2H3. The van der Waals surface area contributed by atoms with Crippen LogP contribution in [0.5, 0.6) is 0 Å². The second-order valence-corrected chi connectivity index (χ2v) is 8.36. The molecule has 0 unspecified atom stereocenters. The number of nitrogens with zero attached hydrogens (tertiary/aromatic N) is 3. The van der Waals surface area contributed by atoms with Gasteiger partial charge in [0.05, 0.1) is 23.3 Å². The molecular weight excluding hydrogens is 421 g/mol. The Bertz CT molecular complexity index is 1190. The van der Waals surface area contributed by atoms with E-state index in [0.717, 1.165) is 33.3 Å². The summed E-state index contributed by atoms with van der Waals surface area (Å²) >= 11 is 13.3. The van der Waals surface area contributed by atoms with Crippen molar-refractivity contribution in [3.8, 4) is 6.07 Å². The van der Waals surface area contributed by atoms with Crippen LogP contribution in [0, 0.1) is 18.3 Å². The number of morpholine rings is 1. The zero-order chi connectivity index (χ0) is 21.4. The number of carbonyl (C=O) groups excluding carboxylic acids is 1. The fraction of sp³-hybridized carbons (Fsp3) is 0.304. The molecule has 3 aromatic rings. The van der Waals surface area contributed by atoms with Crippen molar-refractivity contribution in [3.05, 3.63) is 68.3 Å². The van der Waals surface area contributed by atoms with Crippen molar-refractivity contribution >= 4 is 40.0 Å². The van der Waals surface area contributed by atoms with Gasteiger partial charge in [-0.25, -0.2) is 0 Å². The maximum atomic E-state index is 12.1. The molecule has 5 nitrogen and oxygen atoms in total. The summed E-state index contributed by atoms with van der Waals surface area (Å²) in [5.41, 5.74) is 5.45. The fourth-order valence-electron chi connectivity index (χ4n) is 3.93. The fourth-order valence-corrected chi connectivity index (χ4v) is 4.50. The van der Waals surface area contributed by atoms with Gasteiger partial charge in [0, 0.05) is 48.2 Å². The summed E-state index contributed by atoms with van der Waals surface area (Å²) in [5.74, 6) is -0.0359. The highest BCUT2D eigenvalue weighted by Gasteiger charge is 2.21. The highest BCUT2D eigenvalue weighted by atomic mass is 35.5. The van der Waals surface area contributed by atoms with Gasteiger partial charge in [-0.1, -0.05) is 29.3 Å². The summed E-state index contributed by atoms with van der Waals surface area (Å²) in [6.45, 7) is 3.64. The molecule has 154 valence electrons. The third-order valence-electron chi connectivity index (χ3n) is 5.67. The number of hydrogen-bond donors (Lipinski definition) is 0. The first kappa shape index (κ1) is 20.7. The molecule has 0 N–H and O–H groups in total. The molecule has 2 aromatic carbocycles. The van der Waals surface area contributed by atoms with Gasteiger partial charge in [0.1, 0.15) is 6.61 Å². The molecule has 0 radical (unpaired) electrons. The number of amides is 1. The monoisotopic (exact) mass is 441 g/mol. The summed E-state index contributed by atoms with van der Waals surface area (Å²) < 4.78 is 7.28. The van der Waals surface area contributed by atoms with Gasteiger partial charge in [-0.2, -0.15) is 5.26 Å². The van der Waals surface area contributed by atoms with E-state index in [2.05, 4.69) is 16.7 Å². The molecule has 1 aromatic heterocycles. The molecule has 0 bridgehead atoms. The van der Waals surface area contributed by atoms with E-state index < -0.39 is 0 Å². The lowest BCUT2D eigenvalue weighted by Gasteiger charge is -2.27. The highest BCUT2D eigenvalue weighted by Crippen LogP contribution is 2.33. The molecule has 1 saturated heterocycles. The van der Waals surface area contributed by atoms with Crippen LogP contribution in [0.15, 0.2) is 30.3 Å². The normalized spacial score (nSPS) is 14.4. The summed E-state index contributed by atoms with van der Waals surface area (Å²) in [5, 5.41) is 11.6. The Kier molecular flexibility index (Phi) is 5.75. The average Bonchev–Trinajstić information content (AvgIpc) is 3.05. The van der Waals surface area contributed by atoms with E-state index in [1.165, 1.54) is 0 Å². The molecular formula is C23H21Cl2N3O2. The molecule has 0 atom stereocenters. The van der Waals surface area contributed by atoms with Crippen LogP contribution in [0.3, 0.4) is 0 Å². The Morgan fingerprint density at radius 3 is 2.77 bits per heavy atom. The van der Waals surface area contributed by atoms with Crippen LogP contribution >= 0.6 is 23.2 Å². The molecule has 0 aliphatic carbocycles. The number of halogens is 2. The molecule has 1 aliphatic heterocycles. The van der Waals surface area contributed by atoms with Crippen molar-refractivity contribution in [2.24, 2.45) is 7.05 Å². The molecule has 4 rings (SSSR count). The van der Waals surface area contributed by atoms with Gasteiger partial charge in [0.25, 0.3) is 0 Å². The zero-order valence-corrected chi connectivity index (χ0v) is 18.3. The van der Waals surface area contributed by atoms with Crippen LogP contribution in [0.1, 0.15) is 27.9 Å². The number of rotatable bonds is 4. The molecule has 1 fully saturated rings. The predicted molar refractivity (Wildman–Crippen MR) is 118 cm³/mol. The van der Waals surface area contributed by atoms with Crippen molar-refractivity contribution in [3.63, 3.8) is 0 Å². The summed E-state index contributed by atoms with van der Waals surface area (Å²) in [6.07, 6.45) is 0.551.